The SMILES string of the molecule is CC(C)(C)C(=O)NCc1ccc(C(F)(F)F)cc1. The van der Waals surface area contributed by atoms with E-state index in [0.29, 0.717) is 5.56 Å². The summed E-state index contributed by atoms with van der Waals surface area (Å²) in [5.41, 5.74) is -0.555. The van der Waals surface area contributed by atoms with Gasteiger partial charge in [-0.3, -0.25) is 4.79 Å². The van der Waals surface area contributed by atoms with Gasteiger partial charge in [-0.25, -0.2) is 0 Å². The lowest BCUT2D eigenvalue weighted by Gasteiger charge is -2.17. The number of amides is 1. The zero-order valence-electron chi connectivity index (χ0n) is 10.6. The first-order chi connectivity index (χ1) is 8.10. The summed E-state index contributed by atoms with van der Waals surface area (Å²) < 4.78 is 37.0. The second kappa shape index (κ2) is 5.00. The second-order valence-electron chi connectivity index (χ2n) is 5.13. The van der Waals surface area contributed by atoms with Crippen molar-refractivity contribution >= 4 is 5.91 Å². The Bertz CT molecular complexity index is 415. The highest BCUT2D eigenvalue weighted by molar-refractivity contribution is 5.81. The molecule has 1 aromatic carbocycles. The Kier molecular flexibility index (Phi) is 4.04. The molecule has 2 nitrogen and oxygen atoms in total. The Morgan fingerprint density at radius 2 is 1.61 bits per heavy atom. The molecule has 5 heteroatoms. The van der Waals surface area contributed by atoms with Crippen molar-refractivity contribution in [3.8, 4) is 0 Å². The molecule has 0 saturated carbocycles. The van der Waals surface area contributed by atoms with E-state index in [-0.39, 0.29) is 12.5 Å². The van der Waals surface area contributed by atoms with E-state index in [1.54, 1.807) is 20.8 Å². The van der Waals surface area contributed by atoms with Crippen molar-refractivity contribution in [1.29, 1.82) is 0 Å². The molecule has 0 radical (unpaired) electrons. The van der Waals surface area contributed by atoms with Gasteiger partial charge in [0, 0.05) is 12.0 Å². The maximum Gasteiger partial charge on any atom is 0.416 e. The third-order valence-corrected chi connectivity index (χ3v) is 2.42. The topological polar surface area (TPSA) is 29.1 Å². The predicted octanol–water partition coefficient (Wildman–Crippen LogP) is 3.37. The van der Waals surface area contributed by atoms with Crippen molar-refractivity contribution in [2.24, 2.45) is 5.41 Å². The molecule has 0 saturated heterocycles. The largest absolute Gasteiger partial charge is 0.416 e. The van der Waals surface area contributed by atoms with Crippen LogP contribution in [-0.2, 0) is 17.5 Å². The van der Waals surface area contributed by atoms with Crippen LogP contribution in [0.25, 0.3) is 0 Å². The summed E-state index contributed by atoms with van der Waals surface area (Å²) in [7, 11) is 0. The summed E-state index contributed by atoms with van der Waals surface area (Å²) in [6.45, 7) is 5.55. The number of benzene rings is 1. The first-order valence-electron chi connectivity index (χ1n) is 5.55. The number of carbonyl (C=O) groups excluding carboxylic acids is 1. The van der Waals surface area contributed by atoms with E-state index < -0.39 is 17.2 Å². The fourth-order valence-electron chi connectivity index (χ4n) is 1.26. The third-order valence-electron chi connectivity index (χ3n) is 2.42. The van der Waals surface area contributed by atoms with E-state index in [9.17, 15) is 18.0 Å². The average molecular weight is 259 g/mol. The van der Waals surface area contributed by atoms with Crippen molar-refractivity contribution in [2.45, 2.75) is 33.5 Å². The summed E-state index contributed by atoms with van der Waals surface area (Å²) in [5.74, 6) is -0.137. The van der Waals surface area contributed by atoms with Crippen molar-refractivity contribution in [2.75, 3.05) is 0 Å². The molecule has 0 fully saturated rings. The first-order valence-corrected chi connectivity index (χ1v) is 5.55. The molecule has 0 spiro atoms. The molecule has 100 valence electrons. The van der Waals surface area contributed by atoms with Crippen LogP contribution < -0.4 is 5.32 Å². The number of rotatable bonds is 2. The highest BCUT2D eigenvalue weighted by Crippen LogP contribution is 2.29. The monoisotopic (exact) mass is 259 g/mol. The normalized spacial score (nSPS) is 12.3. The summed E-state index contributed by atoms with van der Waals surface area (Å²) >= 11 is 0. The number of hydrogen-bond acceptors (Lipinski definition) is 1. The summed E-state index contributed by atoms with van der Waals surface area (Å²) in [6, 6.07) is 4.76. The molecule has 0 heterocycles. The quantitative estimate of drug-likeness (QED) is 0.866. The Hall–Kier alpha value is -1.52. The minimum absolute atomic E-state index is 0.137. The van der Waals surface area contributed by atoms with Crippen molar-refractivity contribution in [3.63, 3.8) is 0 Å². The fraction of sp³-hybridized carbons (Fsp3) is 0.462. The highest BCUT2D eigenvalue weighted by Gasteiger charge is 2.30. The fourth-order valence-corrected chi connectivity index (χ4v) is 1.26. The van der Waals surface area contributed by atoms with Crippen molar-refractivity contribution in [3.05, 3.63) is 35.4 Å². The highest BCUT2D eigenvalue weighted by atomic mass is 19.4. The Morgan fingerprint density at radius 3 is 2.00 bits per heavy atom. The maximum absolute atomic E-state index is 12.3. The minimum Gasteiger partial charge on any atom is -0.352 e. The predicted molar refractivity (Wildman–Crippen MR) is 62.7 cm³/mol. The molecular weight excluding hydrogens is 243 g/mol. The van der Waals surface area contributed by atoms with Crippen LogP contribution in [-0.4, -0.2) is 5.91 Å². The van der Waals surface area contributed by atoms with E-state index in [2.05, 4.69) is 5.32 Å². The van der Waals surface area contributed by atoms with E-state index in [1.807, 2.05) is 0 Å². The van der Waals surface area contributed by atoms with Crippen LogP contribution in [0.1, 0.15) is 31.9 Å². The van der Waals surface area contributed by atoms with E-state index in [1.165, 1.54) is 12.1 Å². The first kappa shape index (κ1) is 14.5. The standard InChI is InChI=1S/C13H16F3NO/c1-12(2,3)11(18)17-8-9-4-6-10(7-5-9)13(14,15)16/h4-7H,8H2,1-3H3,(H,17,18). The van der Waals surface area contributed by atoms with Crippen molar-refractivity contribution in [1.82, 2.24) is 5.32 Å². The van der Waals surface area contributed by atoms with Gasteiger partial charge >= 0.3 is 6.18 Å². The molecule has 0 aliphatic heterocycles. The Labute approximate surface area is 104 Å². The molecule has 1 aromatic rings. The van der Waals surface area contributed by atoms with Gasteiger partial charge in [-0.15, -0.1) is 0 Å². The van der Waals surface area contributed by atoms with Gasteiger partial charge in [-0.1, -0.05) is 32.9 Å². The lowest BCUT2D eigenvalue weighted by molar-refractivity contribution is -0.137. The van der Waals surface area contributed by atoms with Crippen LogP contribution >= 0.6 is 0 Å². The van der Waals surface area contributed by atoms with Gasteiger partial charge in [0.15, 0.2) is 0 Å². The molecule has 0 aliphatic rings. The van der Waals surface area contributed by atoms with Gasteiger partial charge in [-0.2, -0.15) is 13.2 Å². The minimum atomic E-state index is -4.33. The smallest absolute Gasteiger partial charge is 0.352 e. The molecule has 0 aliphatic carbocycles. The molecule has 1 rings (SSSR count). The van der Waals surface area contributed by atoms with Gasteiger partial charge in [0.2, 0.25) is 5.91 Å². The number of nitrogens with one attached hydrogen (secondary N) is 1. The van der Waals surface area contributed by atoms with Gasteiger partial charge in [0.25, 0.3) is 0 Å². The zero-order chi connectivity index (χ0) is 14.0. The van der Waals surface area contributed by atoms with Crippen LogP contribution in [0.4, 0.5) is 13.2 Å². The summed E-state index contributed by atoms with van der Waals surface area (Å²) in [5, 5.41) is 2.68. The Balaban J connectivity index is 2.63. The molecule has 0 aromatic heterocycles. The molecule has 0 atom stereocenters. The molecule has 18 heavy (non-hydrogen) atoms. The summed E-state index contributed by atoms with van der Waals surface area (Å²) in [6.07, 6.45) is -4.33. The zero-order valence-corrected chi connectivity index (χ0v) is 10.6. The van der Waals surface area contributed by atoms with Crippen LogP contribution in [0.15, 0.2) is 24.3 Å². The molecule has 1 N–H and O–H groups in total. The third kappa shape index (κ3) is 4.05. The number of halogens is 3. The Morgan fingerprint density at radius 1 is 1.11 bits per heavy atom. The van der Waals surface area contributed by atoms with E-state index >= 15 is 0 Å². The summed E-state index contributed by atoms with van der Waals surface area (Å²) in [4.78, 5) is 11.6. The van der Waals surface area contributed by atoms with Gasteiger partial charge in [0.1, 0.15) is 0 Å². The van der Waals surface area contributed by atoms with Crippen LogP contribution in [0.2, 0.25) is 0 Å². The molecular formula is C13H16F3NO. The number of carbonyl (C=O) groups is 1. The second-order valence-corrected chi connectivity index (χ2v) is 5.13. The average Bonchev–Trinajstić information content (AvgIpc) is 2.24. The van der Waals surface area contributed by atoms with Gasteiger partial charge in [-0.05, 0) is 17.7 Å². The number of hydrogen-bond donors (Lipinski definition) is 1. The lowest BCUT2D eigenvalue weighted by atomic mass is 9.95. The van der Waals surface area contributed by atoms with Crippen LogP contribution in [0.3, 0.4) is 0 Å². The number of alkyl halides is 3. The lowest BCUT2D eigenvalue weighted by Crippen LogP contribution is -2.34. The van der Waals surface area contributed by atoms with Gasteiger partial charge < -0.3 is 5.32 Å². The molecule has 1 amide bonds. The van der Waals surface area contributed by atoms with Gasteiger partial charge in [0.05, 0.1) is 5.56 Å². The molecule has 0 unspecified atom stereocenters. The van der Waals surface area contributed by atoms with E-state index in [0.717, 1.165) is 12.1 Å². The van der Waals surface area contributed by atoms with Crippen LogP contribution in [0, 0.1) is 5.41 Å². The maximum atomic E-state index is 12.3. The van der Waals surface area contributed by atoms with Crippen molar-refractivity contribution < 1.29 is 18.0 Å². The van der Waals surface area contributed by atoms with Crippen LogP contribution in [0.5, 0.6) is 0 Å². The van der Waals surface area contributed by atoms with E-state index in [4.69, 9.17) is 0 Å². The molecule has 0 bridgehead atoms.